The lowest BCUT2D eigenvalue weighted by Gasteiger charge is -2.32. The fourth-order valence-corrected chi connectivity index (χ4v) is 4.43. The molecule has 0 bridgehead atoms. The molecule has 5 atom stereocenters. The number of nitrogens with zero attached hydrogens (tertiary/aromatic N) is 1. The van der Waals surface area contributed by atoms with E-state index in [1.54, 1.807) is 13.8 Å². The zero-order chi connectivity index (χ0) is 16.8. The van der Waals surface area contributed by atoms with Crippen molar-refractivity contribution in [1.82, 2.24) is 9.55 Å². The Balaban J connectivity index is 1.83. The van der Waals surface area contributed by atoms with Gasteiger partial charge in [0.1, 0.15) is 18.4 Å². The van der Waals surface area contributed by atoms with Crippen LogP contribution in [0.25, 0.3) is 0 Å². The highest BCUT2D eigenvalue weighted by molar-refractivity contribution is 7.48. The summed E-state index contributed by atoms with van der Waals surface area (Å²) in [5.41, 5.74) is -1.06. The Labute approximate surface area is 132 Å². The van der Waals surface area contributed by atoms with Crippen LogP contribution in [0.5, 0.6) is 0 Å². The lowest BCUT2D eigenvalue weighted by Crippen LogP contribution is -2.37. The molecule has 128 valence electrons. The average molecular weight is 346 g/mol. The largest absolute Gasteiger partial charge is 0.475 e. The molecule has 23 heavy (non-hydrogen) atoms. The lowest BCUT2D eigenvalue weighted by molar-refractivity contribution is -0.0748. The third-order valence-electron chi connectivity index (χ3n) is 3.76. The minimum atomic E-state index is -3.64. The third-order valence-corrected chi connectivity index (χ3v) is 5.41. The number of phosphoric ester groups is 1. The SMILES string of the molecule is CC(C)OP1(=O)OCC2OC(n3ccc(=O)[nH]c3=O)C(C)C2O1. The summed E-state index contributed by atoms with van der Waals surface area (Å²) >= 11 is 0. The molecule has 1 N–H and O–H groups in total. The van der Waals surface area contributed by atoms with Gasteiger partial charge in [-0.15, -0.1) is 0 Å². The van der Waals surface area contributed by atoms with E-state index in [1.165, 1.54) is 16.8 Å². The first-order chi connectivity index (χ1) is 10.8. The Morgan fingerprint density at radius 2 is 2.17 bits per heavy atom. The number of fused-ring (bicyclic) bond motifs is 1. The van der Waals surface area contributed by atoms with Crippen LogP contribution in [0.3, 0.4) is 0 Å². The number of aromatic amines is 1. The van der Waals surface area contributed by atoms with Gasteiger partial charge >= 0.3 is 13.5 Å². The zero-order valence-electron chi connectivity index (χ0n) is 13.0. The molecule has 2 fully saturated rings. The van der Waals surface area contributed by atoms with Gasteiger partial charge in [0, 0.05) is 18.2 Å². The summed E-state index contributed by atoms with van der Waals surface area (Å²) in [6, 6.07) is 1.24. The van der Waals surface area contributed by atoms with Crippen LogP contribution >= 0.6 is 7.82 Å². The van der Waals surface area contributed by atoms with Crippen LogP contribution in [0.2, 0.25) is 0 Å². The van der Waals surface area contributed by atoms with E-state index < -0.39 is 37.5 Å². The third kappa shape index (κ3) is 3.20. The van der Waals surface area contributed by atoms with E-state index in [9.17, 15) is 14.2 Å². The van der Waals surface area contributed by atoms with Crippen LogP contribution in [0.4, 0.5) is 0 Å². The van der Waals surface area contributed by atoms with E-state index in [-0.39, 0.29) is 18.6 Å². The molecule has 1 aromatic rings. The van der Waals surface area contributed by atoms with E-state index in [0.717, 1.165) is 0 Å². The Morgan fingerprint density at radius 3 is 2.83 bits per heavy atom. The summed E-state index contributed by atoms with van der Waals surface area (Å²) in [5.74, 6) is -0.281. The molecule has 3 rings (SSSR count). The highest BCUT2D eigenvalue weighted by Crippen LogP contribution is 2.58. The molecular formula is C13H19N2O7P. The number of rotatable bonds is 3. The van der Waals surface area contributed by atoms with Gasteiger partial charge in [-0.1, -0.05) is 6.92 Å². The molecule has 2 saturated heterocycles. The van der Waals surface area contributed by atoms with Crippen molar-refractivity contribution in [2.24, 2.45) is 5.92 Å². The topological polar surface area (TPSA) is 109 Å². The monoisotopic (exact) mass is 346 g/mol. The summed E-state index contributed by atoms with van der Waals surface area (Å²) in [6.07, 6.45) is -0.593. The molecule has 0 amide bonds. The van der Waals surface area contributed by atoms with Gasteiger partial charge in [0.05, 0.1) is 12.7 Å². The highest BCUT2D eigenvalue weighted by atomic mass is 31.2. The Bertz CT molecular complexity index is 742. The van der Waals surface area contributed by atoms with Crippen molar-refractivity contribution < 1.29 is 22.9 Å². The minimum absolute atomic E-state index is 0.0492. The molecule has 9 nitrogen and oxygen atoms in total. The molecule has 10 heteroatoms. The summed E-state index contributed by atoms with van der Waals surface area (Å²) < 4.78 is 35.5. The average Bonchev–Trinajstić information content (AvgIpc) is 2.75. The highest BCUT2D eigenvalue weighted by Gasteiger charge is 2.52. The quantitative estimate of drug-likeness (QED) is 0.814. The fraction of sp³-hybridized carbons (Fsp3) is 0.692. The molecule has 2 aliphatic rings. The number of hydrogen-bond donors (Lipinski definition) is 1. The van der Waals surface area contributed by atoms with Gasteiger partial charge in [-0.2, -0.15) is 0 Å². The number of aromatic nitrogens is 2. The number of hydrogen-bond acceptors (Lipinski definition) is 7. The van der Waals surface area contributed by atoms with Crippen LogP contribution in [0.15, 0.2) is 21.9 Å². The van der Waals surface area contributed by atoms with Crippen LogP contribution < -0.4 is 11.2 Å². The fourth-order valence-electron chi connectivity index (χ4n) is 2.78. The van der Waals surface area contributed by atoms with Gasteiger partial charge in [-0.3, -0.25) is 27.9 Å². The van der Waals surface area contributed by atoms with Crippen molar-refractivity contribution >= 4 is 7.82 Å². The summed E-state index contributed by atoms with van der Waals surface area (Å²) in [6.45, 7) is 5.33. The normalized spacial score (nSPS) is 37.0. The van der Waals surface area contributed by atoms with Crippen molar-refractivity contribution in [3.8, 4) is 0 Å². The van der Waals surface area contributed by atoms with E-state index in [2.05, 4.69) is 4.98 Å². The zero-order valence-corrected chi connectivity index (χ0v) is 13.9. The van der Waals surface area contributed by atoms with Crippen molar-refractivity contribution in [1.29, 1.82) is 0 Å². The molecule has 0 spiro atoms. The molecule has 1 aromatic heterocycles. The molecule has 0 radical (unpaired) electrons. The van der Waals surface area contributed by atoms with Crippen LogP contribution in [0.1, 0.15) is 27.0 Å². The van der Waals surface area contributed by atoms with E-state index >= 15 is 0 Å². The number of nitrogens with one attached hydrogen (secondary N) is 1. The molecular weight excluding hydrogens is 327 g/mol. The second-order valence-corrected chi connectivity index (χ2v) is 7.48. The van der Waals surface area contributed by atoms with Crippen molar-refractivity contribution in [2.75, 3.05) is 6.61 Å². The van der Waals surface area contributed by atoms with E-state index in [4.69, 9.17) is 18.3 Å². The summed E-state index contributed by atoms with van der Waals surface area (Å²) in [7, 11) is -3.64. The first kappa shape index (κ1) is 16.6. The standard InChI is InChI=1S/C13H19N2O7P/c1-7(2)21-23(18)19-6-9-11(22-23)8(3)12(20-9)15-5-4-10(16)14-13(15)17/h4-5,7-9,11-12H,6H2,1-3H3,(H,14,16,17). The van der Waals surface area contributed by atoms with Crippen molar-refractivity contribution in [3.05, 3.63) is 33.1 Å². The summed E-state index contributed by atoms with van der Waals surface area (Å²) in [5, 5.41) is 0. The van der Waals surface area contributed by atoms with Crippen molar-refractivity contribution in [3.63, 3.8) is 0 Å². The molecule has 0 aromatic carbocycles. The Kier molecular flexibility index (Phi) is 4.33. The predicted molar refractivity (Wildman–Crippen MR) is 79.0 cm³/mol. The van der Waals surface area contributed by atoms with E-state index in [1.807, 2.05) is 6.92 Å². The second-order valence-electron chi connectivity index (χ2n) is 5.91. The molecule has 0 saturated carbocycles. The maximum absolute atomic E-state index is 12.4. The maximum Gasteiger partial charge on any atom is 0.475 e. The van der Waals surface area contributed by atoms with E-state index in [0.29, 0.717) is 0 Å². The summed E-state index contributed by atoms with van der Waals surface area (Å²) in [4.78, 5) is 25.3. The van der Waals surface area contributed by atoms with Gasteiger partial charge in [-0.25, -0.2) is 9.36 Å². The number of ether oxygens (including phenoxy) is 1. The lowest BCUT2D eigenvalue weighted by atomic mass is 10.0. The second kappa shape index (κ2) is 5.99. The molecule has 0 aliphatic carbocycles. The first-order valence-corrected chi connectivity index (χ1v) is 8.83. The van der Waals surface area contributed by atoms with Gasteiger partial charge in [-0.05, 0) is 13.8 Å². The number of phosphoric acid groups is 1. The molecule has 2 aliphatic heterocycles. The van der Waals surface area contributed by atoms with Gasteiger partial charge in [0.25, 0.3) is 5.56 Å². The van der Waals surface area contributed by atoms with Gasteiger partial charge in [0.15, 0.2) is 0 Å². The van der Waals surface area contributed by atoms with Gasteiger partial charge in [0.2, 0.25) is 0 Å². The maximum atomic E-state index is 12.4. The van der Waals surface area contributed by atoms with Crippen molar-refractivity contribution in [2.45, 2.75) is 45.3 Å². The Morgan fingerprint density at radius 1 is 1.43 bits per heavy atom. The molecule has 3 heterocycles. The van der Waals surface area contributed by atoms with Crippen LogP contribution in [-0.2, 0) is 22.9 Å². The smallest absolute Gasteiger partial charge is 0.349 e. The minimum Gasteiger partial charge on any atom is -0.349 e. The first-order valence-electron chi connectivity index (χ1n) is 7.37. The van der Waals surface area contributed by atoms with Crippen LogP contribution in [-0.4, -0.2) is 34.5 Å². The number of H-pyrrole nitrogens is 1. The Hall–Kier alpha value is -1.25. The predicted octanol–water partition coefficient (Wildman–Crippen LogP) is 1.02. The molecule has 5 unspecified atom stereocenters. The van der Waals surface area contributed by atoms with Gasteiger partial charge < -0.3 is 4.74 Å². The van der Waals surface area contributed by atoms with Crippen LogP contribution in [0, 0.1) is 5.92 Å².